The van der Waals surface area contributed by atoms with Gasteiger partial charge in [0.05, 0.1) is 18.1 Å². The summed E-state index contributed by atoms with van der Waals surface area (Å²) in [6.45, 7) is 0. The van der Waals surface area contributed by atoms with Crippen LogP contribution in [0.4, 0.5) is 8.78 Å². The number of rotatable bonds is 4. The van der Waals surface area contributed by atoms with Crippen molar-refractivity contribution in [3.63, 3.8) is 0 Å². The van der Waals surface area contributed by atoms with E-state index in [4.69, 9.17) is 22.0 Å². The normalized spacial score (nSPS) is 10.3. The van der Waals surface area contributed by atoms with E-state index in [1.54, 1.807) is 6.07 Å². The molecule has 0 heterocycles. The topological polar surface area (TPSA) is 61.1 Å². The molecule has 1 rings (SSSR count). The highest BCUT2D eigenvalue weighted by Crippen LogP contribution is 2.27. The molecule has 0 saturated carbocycles. The van der Waals surface area contributed by atoms with Crippen molar-refractivity contribution in [1.29, 1.82) is 5.26 Å². The zero-order chi connectivity index (χ0) is 13.0. The number of benzene rings is 1. The minimum Gasteiger partial charge on any atom is -0.481 e. The van der Waals surface area contributed by atoms with E-state index in [1.165, 1.54) is 6.07 Å². The van der Waals surface area contributed by atoms with Crippen LogP contribution < -0.4 is 0 Å². The van der Waals surface area contributed by atoms with Crippen LogP contribution in [0.15, 0.2) is 12.1 Å². The van der Waals surface area contributed by atoms with Crippen LogP contribution in [0.25, 0.3) is 0 Å². The van der Waals surface area contributed by atoms with Gasteiger partial charge >= 0.3 is 5.97 Å². The SMILES string of the molecule is N#Cc1cc(C(F)F)c(CCl)cc1CC(=O)O. The predicted octanol–water partition coefficient (Wildman–Crippen LogP) is 2.86. The number of hydrogen-bond donors (Lipinski definition) is 1. The number of hydrogen-bond acceptors (Lipinski definition) is 2. The third kappa shape index (κ3) is 3.14. The molecule has 0 amide bonds. The Kier molecular flexibility index (Phi) is 4.41. The van der Waals surface area contributed by atoms with E-state index in [-0.39, 0.29) is 28.1 Å². The van der Waals surface area contributed by atoms with Crippen LogP contribution in [0.3, 0.4) is 0 Å². The highest BCUT2D eigenvalue weighted by atomic mass is 35.5. The van der Waals surface area contributed by atoms with Crippen LogP contribution in [0.2, 0.25) is 0 Å². The number of alkyl halides is 3. The Labute approximate surface area is 101 Å². The molecule has 0 unspecified atom stereocenters. The lowest BCUT2D eigenvalue weighted by molar-refractivity contribution is -0.136. The molecule has 17 heavy (non-hydrogen) atoms. The Balaban J connectivity index is 3.33. The van der Waals surface area contributed by atoms with Crippen molar-refractivity contribution in [2.75, 3.05) is 0 Å². The van der Waals surface area contributed by atoms with Gasteiger partial charge in [-0.25, -0.2) is 8.78 Å². The van der Waals surface area contributed by atoms with E-state index in [0.29, 0.717) is 0 Å². The first kappa shape index (κ1) is 13.4. The Hall–Kier alpha value is -1.67. The highest BCUT2D eigenvalue weighted by Gasteiger charge is 2.17. The van der Waals surface area contributed by atoms with Gasteiger partial charge in [0, 0.05) is 11.4 Å². The van der Waals surface area contributed by atoms with Crippen LogP contribution in [0.5, 0.6) is 0 Å². The summed E-state index contributed by atoms with van der Waals surface area (Å²) in [6.07, 6.45) is -3.13. The number of aliphatic carboxylic acids is 1. The van der Waals surface area contributed by atoms with Crippen molar-refractivity contribution in [3.8, 4) is 6.07 Å². The second kappa shape index (κ2) is 5.60. The Bertz CT molecular complexity index is 483. The van der Waals surface area contributed by atoms with Crippen molar-refractivity contribution in [2.45, 2.75) is 18.7 Å². The Morgan fingerprint density at radius 1 is 1.47 bits per heavy atom. The standard InChI is InChI=1S/C11H8ClF2NO2/c12-4-7-1-6(3-10(16)17)8(5-15)2-9(7)11(13)14/h1-2,11H,3-4H2,(H,16,17). The number of nitrogens with zero attached hydrogens (tertiary/aromatic N) is 1. The summed E-state index contributed by atoms with van der Waals surface area (Å²) >= 11 is 5.52. The Morgan fingerprint density at radius 3 is 2.53 bits per heavy atom. The number of carboxylic acid groups (broad SMARTS) is 1. The molecular formula is C11H8ClF2NO2. The molecule has 0 saturated heterocycles. The van der Waals surface area contributed by atoms with Crippen molar-refractivity contribution >= 4 is 17.6 Å². The minimum atomic E-state index is -2.74. The molecule has 0 aliphatic heterocycles. The average Bonchev–Trinajstić information content (AvgIpc) is 2.27. The fraction of sp³-hybridized carbons (Fsp3) is 0.273. The van der Waals surface area contributed by atoms with Crippen LogP contribution >= 0.6 is 11.6 Å². The molecule has 3 nitrogen and oxygen atoms in total. The molecule has 0 fully saturated rings. The summed E-state index contributed by atoms with van der Waals surface area (Å²) in [5.74, 6) is -1.29. The van der Waals surface area contributed by atoms with Crippen LogP contribution in [0, 0.1) is 11.3 Å². The molecule has 0 bridgehead atoms. The highest BCUT2D eigenvalue weighted by molar-refractivity contribution is 6.17. The second-order valence-electron chi connectivity index (χ2n) is 3.32. The molecule has 0 atom stereocenters. The first-order valence-corrected chi connectivity index (χ1v) is 5.14. The van der Waals surface area contributed by atoms with Gasteiger partial charge in [-0.1, -0.05) is 6.07 Å². The quantitative estimate of drug-likeness (QED) is 0.846. The summed E-state index contributed by atoms with van der Waals surface area (Å²) in [5, 5.41) is 17.4. The Morgan fingerprint density at radius 2 is 2.12 bits per heavy atom. The number of carboxylic acids is 1. The lowest BCUT2D eigenvalue weighted by atomic mass is 9.98. The van der Waals surface area contributed by atoms with E-state index in [2.05, 4.69) is 0 Å². The summed E-state index contributed by atoms with van der Waals surface area (Å²) < 4.78 is 25.3. The third-order valence-electron chi connectivity index (χ3n) is 2.21. The van der Waals surface area contributed by atoms with E-state index >= 15 is 0 Å². The molecule has 0 aromatic heterocycles. The van der Waals surface area contributed by atoms with Gasteiger partial charge in [0.15, 0.2) is 0 Å². The van der Waals surface area contributed by atoms with Gasteiger partial charge in [-0.2, -0.15) is 5.26 Å². The van der Waals surface area contributed by atoms with Crippen molar-refractivity contribution in [3.05, 3.63) is 34.4 Å². The first-order valence-electron chi connectivity index (χ1n) is 4.61. The summed E-state index contributed by atoms with van der Waals surface area (Å²) in [5.41, 5.74) is -0.0424. The zero-order valence-corrected chi connectivity index (χ0v) is 9.34. The molecule has 1 aromatic rings. The lowest BCUT2D eigenvalue weighted by Gasteiger charge is -2.10. The molecule has 0 aliphatic rings. The molecule has 0 aliphatic carbocycles. The van der Waals surface area contributed by atoms with Gasteiger partial charge in [0.2, 0.25) is 0 Å². The minimum absolute atomic E-state index is 0.0587. The van der Waals surface area contributed by atoms with E-state index in [9.17, 15) is 13.6 Å². The van der Waals surface area contributed by atoms with Gasteiger partial charge in [0.25, 0.3) is 6.43 Å². The smallest absolute Gasteiger partial charge is 0.307 e. The van der Waals surface area contributed by atoms with E-state index < -0.39 is 18.8 Å². The third-order valence-corrected chi connectivity index (χ3v) is 2.49. The second-order valence-corrected chi connectivity index (χ2v) is 3.59. The number of carbonyl (C=O) groups is 1. The number of halogens is 3. The van der Waals surface area contributed by atoms with Crippen LogP contribution in [0.1, 0.15) is 28.7 Å². The monoisotopic (exact) mass is 259 g/mol. The molecule has 1 aromatic carbocycles. The maximum atomic E-state index is 12.6. The van der Waals surface area contributed by atoms with Crippen molar-refractivity contribution in [2.24, 2.45) is 0 Å². The maximum absolute atomic E-state index is 12.6. The fourth-order valence-corrected chi connectivity index (χ4v) is 1.68. The summed E-state index contributed by atoms with van der Waals surface area (Å²) in [7, 11) is 0. The van der Waals surface area contributed by atoms with E-state index in [0.717, 1.165) is 6.07 Å². The van der Waals surface area contributed by atoms with Gasteiger partial charge in [-0.15, -0.1) is 11.6 Å². The summed E-state index contributed by atoms with van der Waals surface area (Å²) in [4.78, 5) is 10.6. The number of nitriles is 1. The molecule has 1 N–H and O–H groups in total. The molecular weight excluding hydrogens is 252 g/mol. The average molecular weight is 260 g/mol. The van der Waals surface area contributed by atoms with Gasteiger partial charge < -0.3 is 5.11 Å². The zero-order valence-electron chi connectivity index (χ0n) is 8.58. The van der Waals surface area contributed by atoms with Gasteiger partial charge in [-0.05, 0) is 17.2 Å². The fourth-order valence-electron chi connectivity index (χ4n) is 1.44. The molecule has 6 heteroatoms. The molecule has 0 spiro atoms. The van der Waals surface area contributed by atoms with E-state index in [1.807, 2.05) is 0 Å². The summed E-state index contributed by atoms with van der Waals surface area (Å²) in [6, 6.07) is 3.96. The molecule has 0 radical (unpaired) electrons. The van der Waals surface area contributed by atoms with Crippen LogP contribution in [-0.4, -0.2) is 11.1 Å². The lowest BCUT2D eigenvalue weighted by Crippen LogP contribution is -2.05. The van der Waals surface area contributed by atoms with Crippen molar-refractivity contribution < 1.29 is 18.7 Å². The van der Waals surface area contributed by atoms with Gasteiger partial charge in [0.1, 0.15) is 0 Å². The van der Waals surface area contributed by atoms with Crippen LogP contribution in [-0.2, 0) is 17.1 Å². The van der Waals surface area contributed by atoms with Crippen molar-refractivity contribution in [1.82, 2.24) is 0 Å². The predicted molar refractivity (Wildman–Crippen MR) is 57.0 cm³/mol. The molecule has 90 valence electrons. The maximum Gasteiger partial charge on any atom is 0.307 e. The first-order chi connectivity index (χ1) is 7.99. The largest absolute Gasteiger partial charge is 0.481 e. The van der Waals surface area contributed by atoms with Gasteiger partial charge in [-0.3, -0.25) is 4.79 Å².